The maximum Gasteiger partial charge on any atom is 0.155 e. The molecule has 4 nitrogen and oxygen atoms in total. The molecular weight excluding hydrogens is 250 g/mol. The van der Waals surface area contributed by atoms with E-state index < -0.39 is 0 Å². The lowest BCUT2D eigenvalue weighted by Gasteiger charge is -2.02. The number of anilines is 1. The summed E-state index contributed by atoms with van der Waals surface area (Å²) in [5.74, 6) is 1.55. The molecule has 0 saturated heterocycles. The van der Waals surface area contributed by atoms with E-state index in [4.69, 9.17) is 4.42 Å². The highest BCUT2D eigenvalue weighted by atomic mass is 16.3. The monoisotopic (exact) mass is 267 g/mol. The summed E-state index contributed by atoms with van der Waals surface area (Å²) in [4.78, 5) is 0. The molecule has 0 spiro atoms. The van der Waals surface area contributed by atoms with Crippen molar-refractivity contribution in [3.05, 3.63) is 42.0 Å². The molecule has 1 aromatic carbocycles. The van der Waals surface area contributed by atoms with E-state index in [2.05, 4.69) is 22.4 Å². The van der Waals surface area contributed by atoms with Crippen LogP contribution < -0.4 is 5.32 Å². The highest BCUT2D eigenvalue weighted by molar-refractivity contribution is 5.84. The van der Waals surface area contributed by atoms with Crippen LogP contribution in [0.15, 0.2) is 40.8 Å². The maximum atomic E-state index is 5.88. The van der Waals surface area contributed by atoms with Gasteiger partial charge in [0.15, 0.2) is 5.76 Å². The van der Waals surface area contributed by atoms with Gasteiger partial charge in [-0.3, -0.25) is 0 Å². The van der Waals surface area contributed by atoms with Crippen molar-refractivity contribution >= 4 is 16.8 Å². The van der Waals surface area contributed by atoms with Gasteiger partial charge in [-0.15, -0.1) is 10.2 Å². The average Bonchev–Trinajstić information content (AvgIpc) is 2.91. The first kappa shape index (κ1) is 12.7. The van der Waals surface area contributed by atoms with Crippen molar-refractivity contribution in [3.63, 3.8) is 0 Å². The third kappa shape index (κ3) is 2.37. The fourth-order valence-electron chi connectivity index (χ4n) is 2.15. The van der Waals surface area contributed by atoms with Gasteiger partial charge in [0.1, 0.15) is 17.1 Å². The minimum atomic E-state index is 0.752. The summed E-state index contributed by atoms with van der Waals surface area (Å²) in [7, 11) is 0. The number of benzene rings is 1. The molecule has 0 unspecified atom stereocenters. The quantitative estimate of drug-likeness (QED) is 0.775. The van der Waals surface area contributed by atoms with Crippen LogP contribution in [-0.4, -0.2) is 16.7 Å². The van der Waals surface area contributed by atoms with Gasteiger partial charge in [-0.1, -0.05) is 25.1 Å². The molecular formula is C16H17N3O. The van der Waals surface area contributed by atoms with Gasteiger partial charge in [0.25, 0.3) is 0 Å². The van der Waals surface area contributed by atoms with Gasteiger partial charge in [0.2, 0.25) is 0 Å². The van der Waals surface area contributed by atoms with E-state index in [1.807, 2.05) is 43.3 Å². The number of para-hydroxylation sites is 1. The first-order chi connectivity index (χ1) is 9.78. The first-order valence-electron chi connectivity index (χ1n) is 6.85. The lowest BCUT2D eigenvalue weighted by atomic mass is 10.2. The Kier molecular flexibility index (Phi) is 3.37. The van der Waals surface area contributed by atoms with E-state index in [0.29, 0.717) is 0 Å². The highest BCUT2D eigenvalue weighted by Gasteiger charge is 2.09. The summed E-state index contributed by atoms with van der Waals surface area (Å²) < 4.78 is 5.88. The van der Waals surface area contributed by atoms with Crippen molar-refractivity contribution in [2.75, 3.05) is 11.9 Å². The van der Waals surface area contributed by atoms with Crippen LogP contribution in [0.1, 0.15) is 18.9 Å². The zero-order valence-electron chi connectivity index (χ0n) is 11.7. The second kappa shape index (κ2) is 5.33. The van der Waals surface area contributed by atoms with Crippen molar-refractivity contribution in [2.24, 2.45) is 0 Å². The van der Waals surface area contributed by atoms with Crippen LogP contribution in [0.3, 0.4) is 0 Å². The predicted octanol–water partition coefficient (Wildman–Crippen LogP) is 4.02. The largest absolute Gasteiger partial charge is 0.454 e. The van der Waals surface area contributed by atoms with E-state index in [1.54, 1.807) is 0 Å². The Hall–Kier alpha value is -2.36. The molecule has 20 heavy (non-hydrogen) atoms. The highest BCUT2D eigenvalue weighted by Crippen LogP contribution is 2.28. The number of hydrogen-bond acceptors (Lipinski definition) is 4. The van der Waals surface area contributed by atoms with Crippen LogP contribution in [0.25, 0.3) is 22.4 Å². The third-order valence-corrected chi connectivity index (χ3v) is 3.21. The van der Waals surface area contributed by atoms with Crippen LogP contribution >= 0.6 is 0 Å². The van der Waals surface area contributed by atoms with Gasteiger partial charge in [0.05, 0.1) is 0 Å². The molecule has 4 heteroatoms. The van der Waals surface area contributed by atoms with Crippen LogP contribution in [-0.2, 0) is 0 Å². The number of hydrogen-bond donors (Lipinski definition) is 1. The number of nitrogens with one attached hydrogen (secondary N) is 1. The Morgan fingerprint density at radius 3 is 2.75 bits per heavy atom. The topological polar surface area (TPSA) is 51.0 Å². The molecule has 0 saturated carbocycles. The number of aryl methyl sites for hydroxylation is 1. The van der Waals surface area contributed by atoms with Crippen molar-refractivity contribution in [2.45, 2.75) is 20.3 Å². The Morgan fingerprint density at radius 2 is 2.05 bits per heavy atom. The normalized spacial score (nSPS) is 10.9. The molecule has 3 aromatic rings. The summed E-state index contributed by atoms with van der Waals surface area (Å²) in [6, 6.07) is 12.0. The van der Waals surface area contributed by atoms with Crippen LogP contribution in [0.4, 0.5) is 5.82 Å². The maximum absolute atomic E-state index is 5.88. The van der Waals surface area contributed by atoms with Crippen molar-refractivity contribution in [3.8, 4) is 11.5 Å². The Labute approximate surface area is 117 Å². The molecule has 0 bridgehead atoms. The van der Waals surface area contributed by atoms with Crippen LogP contribution in [0, 0.1) is 6.92 Å². The fraction of sp³-hybridized carbons (Fsp3) is 0.250. The summed E-state index contributed by atoms with van der Waals surface area (Å²) in [5, 5.41) is 12.7. The van der Waals surface area contributed by atoms with E-state index in [0.717, 1.165) is 46.8 Å². The van der Waals surface area contributed by atoms with Crippen molar-refractivity contribution < 1.29 is 4.42 Å². The fourth-order valence-corrected chi connectivity index (χ4v) is 2.15. The Morgan fingerprint density at radius 1 is 1.15 bits per heavy atom. The van der Waals surface area contributed by atoms with Crippen LogP contribution in [0.2, 0.25) is 0 Å². The summed E-state index contributed by atoms with van der Waals surface area (Å²) in [6.45, 7) is 5.06. The number of fused-ring (bicyclic) bond motifs is 1. The molecule has 2 aromatic heterocycles. The molecule has 0 fully saturated rings. The van der Waals surface area contributed by atoms with Gasteiger partial charge < -0.3 is 9.73 Å². The summed E-state index contributed by atoms with van der Waals surface area (Å²) in [6.07, 6.45) is 1.06. The molecule has 0 atom stereocenters. The standard InChI is InChI=1S/C16H17N3O/c1-3-9-17-15-8-7-13(18-19-15)14-10-12-6-4-5-11(2)16(12)20-14/h4-8,10H,3,9H2,1-2H3,(H,17,19). The number of furan rings is 1. The van der Waals surface area contributed by atoms with Gasteiger partial charge in [-0.25, -0.2) is 0 Å². The third-order valence-electron chi connectivity index (χ3n) is 3.21. The first-order valence-corrected chi connectivity index (χ1v) is 6.85. The lowest BCUT2D eigenvalue weighted by molar-refractivity contribution is 0.624. The van der Waals surface area contributed by atoms with E-state index in [9.17, 15) is 0 Å². The number of nitrogens with zero attached hydrogens (tertiary/aromatic N) is 2. The molecule has 1 N–H and O–H groups in total. The SMILES string of the molecule is CCCNc1ccc(-c2cc3cccc(C)c3o2)nn1. The number of aromatic nitrogens is 2. The molecule has 0 aliphatic heterocycles. The molecule has 2 heterocycles. The zero-order chi connectivity index (χ0) is 13.9. The minimum absolute atomic E-state index is 0.752. The Balaban J connectivity index is 1.92. The summed E-state index contributed by atoms with van der Waals surface area (Å²) in [5.41, 5.74) is 2.79. The smallest absolute Gasteiger partial charge is 0.155 e. The predicted molar refractivity (Wildman–Crippen MR) is 80.8 cm³/mol. The molecule has 102 valence electrons. The van der Waals surface area contributed by atoms with E-state index in [1.165, 1.54) is 0 Å². The van der Waals surface area contributed by atoms with Gasteiger partial charge in [0, 0.05) is 11.9 Å². The summed E-state index contributed by atoms with van der Waals surface area (Å²) >= 11 is 0. The molecule has 0 amide bonds. The minimum Gasteiger partial charge on any atom is -0.454 e. The molecule has 0 radical (unpaired) electrons. The molecule has 3 rings (SSSR count). The van der Waals surface area contributed by atoms with Crippen molar-refractivity contribution in [1.82, 2.24) is 10.2 Å². The second-order valence-electron chi connectivity index (χ2n) is 4.83. The molecule has 0 aliphatic rings. The second-order valence-corrected chi connectivity index (χ2v) is 4.83. The van der Waals surface area contributed by atoms with Crippen LogP contribution in [0.5, 0.6) is 0 Å². The van der Waals surface area contributed by atoms with E-state index >= 15 is 0 Å². The molecule has 0 aliphatic carbocycles. The van der Waals surface area contributed by atoms with Gasteiger partial charge >= 0.3 is 0 Å². The average molecular weight is 267 g/mol. The van der Waals surface area contributed by atoms with Gasteiger partial charge in [-0.2, -0.15) is 0 Å². The van der Waals surface area contributed by atoms with Crippen molar-refractivity contribution in [1.29, 1.82) is 0 Å². The lowest BCUT2D eigenvalue weighted by Crippen LogP contribution is -2.02. The Bertz CT molecular complexity index is 716. The number of rotatable bonds is 4. The zero-order valence-corrected chi connectivity index (χ0v) is 11.7. The van der Waals surface area contributed by atoms with E-state index in [-0.39, 0.29) is 0 Å². The van der Waals surface area contributed by atoms with Gasteiger partial charge in [-0.05, 0) is 37.1 Å².